The van der Waals surface area contributed by atoms with Gasteiger partial charge in [-0.1, -0.05) is 18.7 Å². The summed E-state index contributed by atoms with van der Waals surface area (Å²) in [6.07, 6.45) is 3.43. The van der Waals surface area contributed by atoms with Gasteiger partial charge in [0.15, 0.2) is 0 Å². The smallest absolute Gasteiger partial charge is 0.323 e. The van der Waals surface area contributed by atoms with Crippen molar-refractivity contribution < 1.29 is 9.21 Å². The Bertz CT molecular complexity index is 1290. The average Bonchev–Trinajstić information content (AvgIpc) is 3.42. The summed E-state index contributed by atoms with van der Waals surface area (Å²) in [4.78, 5) is 31.3. The predicted octanol–water partition coefficient (Wildman–Crippen LogP) is 3.82. The number of carbonyl (C=O) groups is 1. The van der Waals surface area contributed by atoms with Crippen LogP contribution in [0.25, 0.3) is 21.8 Å². The number of nitrogens with one attached hydrogen (secondary N) is 3. The Hall–Kier alpha value is -2.85. The molecule has 0 spiro atoms. The van der Waals surface area contributed by atoms with Gasteiger partial charge in [0.1, 0.15) is 0 Å². The van der Waals surface area contributed by atoms with Crippen LogP contribution in [-0.4, -0.2) is 31.8 Å². The summed E-state index contributed by atoms with van der Waals surface area (Å²) in [5.41, 5.74) is 3.04. The molecule has 1 atom stereocenters. The summed E-state index contributed by atoms with van der Waals surface area (Å²) in [6, 6.07) is 7.34. The fraction of sp³-hybridized carbons (Fsp3) is 0.300. The molecule has 30 heavy (non-hydrogen) atoms. The van der Waals surface area contributed by atoms with Crippen molar-refractivity contribution in [1.82, 2.24) is 20.2 Å². The van der Waals surface area contributed by atoms with Crippen LogP contribution in [0.3, 0.4) is 0 Å². The number of hydrogen-bond acceptors (Lipinski definition) is 7. The molecule has 5 rings (SSSR count). The van der Waals surface area contributed by atoms with Crippen molar-refractivity contribution in [1.29, 1.82) is 0 Å². The van der Waals surface area contributed by atoms with Gasteiger partial charge in [-0.25, -0.2) is 4.79 Å². The first-order valence-corrected chi connectivity index (χ1v) is 11.4. The van der Waals surface area contributed by atoms with Crippen LogP contribution in [0.4, 0.5) is 5.69 Å². The molecule has 3 heterocycles. The van der Waals surface area contributed by atoms with E-state index in [0.717, 1.165) is 17.7 Å². The molecule has 0 saturated heterocycles. The monoisotopic (exact) mass is 441 g/mol. The number of nitrogens with zero attached hydrogens (tertiary/aromatic N) is 2. The number of fused-ring (bicyclic) bond motifs is 2. The van der Waals surface area contributed by atoms with Gasteiger partial charge in [0.05, 0.1) is 21.7 Å². The molecule has 3 aromatic heterocycles. The van der Waals surface area contributed by atoms with Crippen molar-refractivity contribution >= 4 is 45.7 Å². The summed E-state index contributed by atoms with van der Waals surface area (Å²) in [6.45, 7) is 2.28. The molecule has 3 N–H and O–H groups in total. The van der Waals surface area contributed by atoms with Crippen LogP contribution in [-0.2, 0) is 17.6 Å². The highest BCUT2D eigenvalue weighted by Gasteiger charge is 2.21. The minimum absolute atomic E-state index is 0.141. The summed E-state index contributed by atoms with van der Waals surface area (Å²) < 4.78 is 5.76. The van der Waals surface area contributed by atoms with Crippen molar-refractivity contribution in [3.05, 3.63) is 45.2 Å². The van der Waals surface area contributed by atoms with Gasteiger partial charge >= 0.3 is 5.69 Å². The SMILES string of the molecule is C[C@H]1CCc2sc(-c3nnc(SCC(=O)Nc4ccc5[nH]c(=O)[nH]c5c4)o3)cc2C1. The number of aryl methyl sites for hydroxylation is 1. The van der Waals surface area contributed by atoms with E-state index in [4.69, 9.17) is 4.42 Å². The van der Waals surface area contributed by atoms with E-state index in [2.05, 4.69) is 38.5 Å². The Labute approximate surface area is 179 Å². The Morgan fingerprint density at radius 1 is 1.30 bits per heavy atom. The number of anilines is 1. The van der Waals surface area contributed by atoms with Crippen molar-refractivity contribution in [2.45, 2.75) is 31.4 Å². The Morgan fingerprint density at radius 2 is 2.17 bits per heavy atom. The summed E-state index contributed by atoms with van der Waals surface area (Å²) >= 11 is 2.91. The number of amides is 1. The molecular formula is C20H19N5O3S2. The Morgan fingerprint density at radius 3 is 3.07 bits per heavy atom. The summed E-state index contributed by atoms with van der Waals surface area (Å²) in [5, 5.41) is 11.4. The fourth-order valence-corrected chi connectivity index (χ4v) is 5.31. The third-order valence-electron chi connectivity index (χ3n) is 5.07. The molecule has 0 unspecified atom stereocenters. The number of hydrogen-bond donors (Lipinski definition) is 3. The molecule has 1 aliphatic carbocycles. The Balaban J connectivity index is 1.21. The first-order valence-electron chi connectivity index (χ1n) is 9.63. The van der Waals surface area contributed by atoms with Gasteiger partial charge in [0.2, 0.25) is 5.91 Å². The first kappa shape index (κ1) is 19.1. The molecule has 4 aromatic rings. The van der Waals surface area contributed by atoms with Gasteiger partial charge in [-0.15, -0.1) is 21.5 Å². The number of thioether (sulfide) groups is 1. The summed E-state index contributed by atoms with van der Waals surface area (Å²) in [7, 11) is 0. The largest absolute Gasteiger partial charge is 0.410 e. The minimum atomic E-state index is -0.280. The lowest BCUT2D eigenvalue weighted by Gasteiger charge is -2.16. The second-order valence-electron chi connectivity index (χ2n) is 7.46. The number of imidazole rings is 1. The summed E-state index contributed by atoms with van der Waals surface area (Å²) in [5.74, 6) is 1.16. The van der Waals surface area contributed by atoms with Gasteiger partial charge in [-0.2, -0.15) is 0 Å². The highest BCUT2D eigenvalue weighted by molar-refractivity contribution is 7.99. The zero-order valence-corrected chi connectivity index (χ0v) is 17.8. The standard InChI is InChI=1S/C20H19N5O3S2/c1-10-2-5-15-11(6-10)7-16(30-15)18-24-25-20(28-18)29-9-17(26)21-12-3-4-13-14(8-12)23-19(27)22-13/h3-4,7-8,10H,2,5-6,9H2,1H3,(H,21,26)(H2,22,23,27)/t10-/m0/s1. The molecule has 154 valence electrons. The number of rotatable bonds is 5. The third kappa shape index (κ3) is 3.92. The number of aromatic nitrogens is 4. The molecule has 0 bridgehead atoms. The van der Waals surface area contributed by atoms with Crippen LogP contribution in [0.5, 0.6) is 0 Å². The zero-order valence-electron chi connectivity index (χ0n) is 16.2. The molecule has 0 saturated carbocycles. The predicted molar refractivity (Wildman–Crippen MR) is 117 cm³/mol. The normalized spacial score (nSPS) is 16.0. The maximum absolute atomic E-state index is 12.3. The van der Waals surface area contributed by atoms with E-state index in [1.807, 2.05) is 0 Å². The molecule has 10 heteroatoms. The van der Waals surface area contributed by atoms with Crippen molar-refractivity contribution in [3.63, 3.8) is 0 Å². The lowest BCUT2D eigenvalue weighted by Crippen LogP contribution is -2.13. The fourth-order valence-electron chi connectivity index (χ4n) is 3.61. The average molecular weight is 442 g/mol. The van der Waals surface area contributed by atoms with Crippen LogP contribution in [0, 0.1) is 5.92 Å². The minimum Gasteiger partial charge on any atom is -0.410 e. The van der Waals surface area contributed by atoms with Gasteiger partial charge in [0.25, 0.3) is 11.1 Å². The molecule has 0 fully saturated rings. The number of carbonyl (C=O) groups excluding carboxylic acids is 1. The maximum Gasteiger partial charge on any atom is 0.323 e. The quantitative estimate of drug-likeness (QED) is 0.405. The Kier molecular flexibility index (Phi) is 4.95. The van der Waals surface area contributed by atoms with E-state index >= 15 is 0 Å². The number of thiophene rings is 1. The third-order valence-corrected chi connectivity index (χ3v) is 7.12. The lowest BCUT2D eigenvalue weighted by molar-refractivity contribution is -0.113. The van der Waals surface area contributed by atoms with Gasteiger partial charge < -0.3 is 19.7 Å². The number of aromatic amines is 2. The zero-order chi connectivity index (χ0) is 20.7. The number of H-pyrrole nitrogens is 2. The molecule has 0 aliphatic heterocycles. The van der Waals surface area contributed by atoms with Crippen molar-refractivity contribution in [2.75, 3.05) is 11.1 Å². The molecule has 0 radical (unpaired) electrons. The molecular weight excluding hydrogens is 422 g/mol. The number of benzene rings is 1. The van der Waals surface area contributed by atoms with E-state index in [-0.39, 0.29) is 17.3 Å². The van der Waals surface area contributed by atoms with Crippen LogP contribution in [0.2, 0.25) is 0 Å². The van der Waals surface area contributed by atoms with E-state index in [9.17, 15) is 9.59 Å². The first-order chi connectivity index (χ1) is 14.5. The van der Waals surface area contributed by atoms with Gasteiger partial charge in [0, 0.05) is 10.6 Å². The lowest BCUT2D eigenvalue weighted by atomic mass is 9.90. The molecule has 1 amide bonds. The topological polar surface area (TPSA) is 117 Å². The highest BCUT2D eigenvalue weighted by Crippen LogP contribution is 2.37. The molecule has 8 nitrogen and oxygen atoms in total. The van der Waals surface area contributed by atoms with E-state index < -0.39 is 0 Å². The van der Waals surface area contributed by atoms with E-state index in [0.29, 0.717) is 33.8 Å². The van der Waals surface area contributed by atoms with Crippen LogP contribution in [0.1, 0.15) is 23.8 Å². The maximum atomic E-state index is 12.3. The van der Waals surface area contributed by atoms with Gasteiger partial charge in [-0.05, 0) is 55.0 Å². The van der Waals surface area contributed by atoms with Crippen molar-refractivity contribution in [3.8, 4) is 10.8 Å². The van der Waals surface area contributed by atoms with Crippen molar-refractivity contribution in [2.24, 2.45) is 5.92 Å². The van der Waals surface area contributed by atoms with Crippen LogP contribution >= 0.6 is 23.1 Å². The van der Waals surface area contributed by atoms with Crippen LogP contribution in [0.15, 0.2) is 38.7 Å². The molecule has 1 aromatic carbocycles. The second kappa shape index (κ2) is 7.77. The molecule has 1 aliphatic rings. The van der Waals surface area contributed by atoms with Crippen LogP contribution < -0.4 is 11.0 Å². The highest BCUT2D eigenvalue weighted by atomic mass is 32.2. The van der Waals surface area contributed by atoms with E-state index in [1.54, 1.807) is 29.5 Å². The van der Waals surface area contributed by atoms with Gasteiger partial charge in [-0.3, -0.25) is 4.79 Å². The van der Waals surface area contributed by atoms with E-state index in [1.165, 1.54) is 28.6 Å². The second-order valence-corrected chi connectivity index (χ2v) is 9.52.